The van der Waals surface area contributed by atoms with Gasteiger partial charge in [-0.05, 0) is 24.1 Å². The number of ether oxygens (including phenoxy) is 1. The van der Waals surface area contributed by atoms with Crippen LogP contribution in [0.25, 0.3) is 0 Å². The number of nitrogens with zero attached hydrogens (tertiary/aromatic N) is 1. The van der Waals surface area contributed by atoms with Crippen molar-refractivity contribution in [3.8, 4) is 5.75 Å². The zero-order valence-corrected chi connectivity index (χ0v) is 11.2. The first kappa shape index (κ1) is 13.3. The Kier molecular flexibility index (Phi) is 4.29. The van der Waals surface area contributed by atoms with Crippen LogP contribution in [0.4, 0.5) is 0 Å². The molecule has 1 unspecified atom stereocenters. The molecule has 0 saturated carbocycles. The van der Waals surface area contributed by atoms with Crippen molar-refractivity contribution in [2.24, 2.45) is 5.18 Å². The number of rotatable bonds is 5. The van der Waals surface area contributed by atoms with Crippen LogP contribution in [-0.4, -0.2) is 7.11 Å². The van der Waals surface area contributed by atoms with E-state index in [0.717, 1.165) is 22.4 Å². The minimum Gasteiger partial charge on any atom is -0.496 e. The van der Waals surface area contributed by atoms with Crippen molar-refractivity contribution < 1.29 is 4.74 Å². The fourth-order valence-corrected chi connectivity index (χ4v) is 2.14. The molecule has 0 bridgehead atoms. The Bertz CT molecular complexity index is 552. The lowest BCUT2D eigenvalue weighted by molar-refractivity contribution is 0.405. The summed E-state index contributed by atoms with van der Waals surface area (Å²) in [7, 11) is 1.61. The fourth-order valence-electron chi connectivity index (χ4n) is 2.14. The standard InChI is InChI=1S/C16H17NO2/c1-12-8-9-14(16(10-12)19-2)15(17-18)11-13-6-4-3-5-7-13/h3-10,15H,11H2,1-2H3. The quantitative estimate of drug-likeness (QED) is 0.756. The van der Waals surface area contributed by atoms with E-state index in [0.29, 0.717) is 6.42 Å². The molecule has 0 radical (unpaired) electrons. The van der Waals surface area contributed by atoms with Crippen molar-refractivity contribution in [1.29, 1.82) is 0 Å². The van der Waals surface area contributed by atoms with Gasteiger partial charge in [-0.2, -0.15) is 4.91 Å². The fraction of sp³-hybridized carbons (Fsp3) is 0.250. The summed E-state index contributed by atoms with van der Waals surface area (Å²) in [6, 6.07) is 15.3. The second kappa shape index (κ2) is 6.14. The molecule has 19 heavy (non-hydrogen) atoms. The third kappa shape index (κ3) is 3.19. The molecule has 2 aromatic carbocycles. The first-order chi connectivity index (χ1) is 9.24. The molecule has 0 spiro atoms. The number of methoxy groups -OCH3 is 1. The maximum atomic E-state index is 11.2. The Balaban J connectivity index is 2.29. The van der Waals surface area contributed by atoms with Crippen LogP contribution in [0.5, 0.6) is 5.75 Å². The average molecular weight is 255 g/mol. The van der Waals surface area contributed by atoms with E-state index in [1.54, 1.807) is 7.11 Å². The van der Waals surface area contributed by atoms with E-state index in [2.05, 4.69) is 5.18 Å². The molecule has 0 saturated heterocycles. The average Bonchev–Trinajstić information content (AvgIpc) is 2.46. The van der Waals surface area contributed by atoms with E-state index in [1.807, 2.05) is 55.5 Å². The lowest BCUT2D eigenvalue weighted by Crippen LogP contribution is -2.02. The van der Waals surface area contributed by atoms with Gasteiger partial charge in [0.1, 0.15) is 11.8 Å². The van der Waals surface area contributed by atoms with Crippen molar-refractivity contribution in [2.45, 2.75) is 19.4 Å². The molecule has 3 nitrogen and oxygen atoms in total. The maximum absolute atomic E-state index is 11.2. The van der Waals surface area contributed by atoms with Gasteiger partial charge in [0, 0.05) is 12.0 Å². The Morgan fingerprint density at radius 1 is 1.16 bits per heavy atom. The van der Waals surface area contributed by atoms with Gasteiger partial charge in [-0.3, -0.25) is 0 Å². The van der Waals surface area contributed by atoms with Crippen LogP contribution in [0.3, 0.4) is 0 Å². The molecular formula is C16H17NO2. The van der Waals surface area contributed by atoms with Crippen molar-refractivity contribution in [1.82, 2.24) is 0 Å². The molecule has 0 aliphatic heterocycles. The van der Waals surface area contributed by atoms with Gasteiger partial charge < -0.3 is 4.74 Å². The minimum atomic E-state index is -0.419. The van der Waals surface area contributed by atoms with Crippen molar-refractivity contribution >= 4 is 0 Å². The molecule has 0 fully saturated rings. The molecular weight excluding hydrogens is 238 g/mol. The number of hydrogen-bond acceptors (Lipinski definition) is 3. The van der Waals surface area contributed by atoms with Gasteiger partial charge in [0.2, 0.25) is 0 Å². The summed E-state index contributed by atoms with van der Waals surface area (Å²) in [5.74, 6) is 0.723. The van der Waals surface area contributed by atoms with Crippen LogP contribution < -0.4 is 4.74 Å². The molecule has 0 aliphatic rings. The van der Waals surface area contributed by atoms with Gasteiger partial charge in [-0.25, -0.2) is 0 Å². The van der Waals surface area contributed by atoms with Crippen molar-refractivity contribution in [3.63, 3.8) is 0 Å². The highest BCUT2D eigenvalue weighted by molar-refractivity contribution is 5.40. The normalized spacial score (nSPS) is 11.9. The highest BCUT2D eigenvalue weighted by Gasteiger charge is 2.17. The van der Waals surface area contributed by atoms with Crippen LogP contribution in [0, 0.1) is 11.8 Å². The van der Waals surface area contributed by atoms with E-state index >= 15 is 0 Å². The second-order valence-electron chi connectivity index (χ2n) is 4.56. The maximum Gasteiger partial charge on any atom is 0.124 e. The molecule has 3 heteroatoms. The Hall–Kier alpha value is -2.16. The number of benzene rings is 2. The SMILES string of the molecule is COc1cc(C)ccc1C(Cc1ccccc1)N=O. The predicted octanol–water partition coefficient (Wildman–Crippen LogP) is 4.05. The van der Waals surface area contributed by atoms with Gasteiger partial charge in [-0.1, -0.05) is 47.6 Å². The van der Waals surface area contributed by atoms with Gasteiger partial charge in [0.15, 0.2) is 0 Å². The summed E-state index contributed by atoms with van der Waals surface area (Å²) < 4.78 is 5.35. The van der Waals surface area contributed by atoms with Crippen LogP contribution in [0.15, 0.2) is 53.7 Å². The summed E-state index contributed by atoms with van der Waals surface area (Å²) in [5, 5.41) is 3.26. The molecule has 0 amide bonds. The zero-order valence-electron chi connectivity index (χ0n) is 11.2. The minimum absolute atomic E-state index is 0.419. The second-order valence-corrected chi connectivity index (χ2v) is 4.56. The molecule has 0 aromatic heterocycles. The van der Waals surface area contributed by atoms with Crippen LogP contribution in [0.1, 0.15) is 22.7 Å². The first-order valence-electron chi connectivity index (χ1n) is 6.25. The largest absolute Gasteiger partial charge is 0.496 e. The molecule has 2 aromatic rings. The lowest BCUT2D eigenvalue weighted by atomic mass is 9.98. The van der Waals surface area contributed by atoms with Gasteiger partial charge >= 0.3 is 0 Å². The summed E-state index contributed by atoms with van der Waals surface area (Å²) >= 11 is 0. The highest BCUT2D eigenvalue weighted by atomic mass is 16.5. The number of aryl methyl sites for hydroxylation is 1. The Labute approximate surface area is 113 Å². The third-order valence-corrected chi connectivity index (χ3v) is 3.15. The number of hydrogen-bond donors (Lipinski definition) is 0. The zero-order chi connectivity index (χ0) is 13.7. The summed E-state index contributed by atoms with van der Waals surface area (Å²) in [6.45, 7) is 1.99. The summed E-state index contributed by atoms with van der Waals surface area (Å²) in [6.07, 6.45) is 0.587. The van der Waals surface area contributed by atoms with E-state index in [1.165, 1.54) is 0 Å². The Morgan fingerprint density at radius 3 is 2.53 bits per heavy atom. The smallest absolute Gasteiger partial charge is 0.124 e. The Morgan fingerprint density at radius 2 is 1.89 bits per heavy atom. The molecule has 0 heterocycles. The van der Waals surface area contributed by atoms with Gasteiger partial charge in [-0.15, -0.1) is 0 Å². The molecule has 0 N–H and O–H groups in total. The predicted molar refractivity (Wildman–Crippen MR) is 76.4 cm³/mol. The van der Waals surface area contributed by atoms with Crippen molar-refractivity contribution in [3.05, 3.63) is 70.1 Å². The van der Waals surface area contributed by atoms with E-state index in [-0.39, 0.29) is 0 Å². The monoisotopic (exact) mass is 255 g/mol. The van der Waals surface area contributed by atoms with Crippen LogP contribution in [0.2, 0.25) is 0 Å². The van der Waals surface area contributed by atoms with Crippen LogP contribution >= 0.6 is 0 Å². The molecule has 2 rings (SSSR count). The lowest BCUT2D eigenvalue weighted by Gasteiger charge is -2.14. The van der Waals surface area contributed by atoms with Crippen molar-refractivity contribution in [2.75, 3.05) is 7.11 Å². The number of nitroso groups, excluding NO2 is 1. The molecule has 98 valence electrons. The van der Waals surface area contributed by atoms with E-state index in [4.69, 9.17) is 4.74 Å². The van der Waals surface area contributed by atoms with Gasteiger partial charge in [0.25, 0.3) is 0 Å². The van der Waals surface area contributed by atoms with Crippen LogP contribution in [-0.2, 0) is 6.42 Å². The highest BCUT2D eigenvalue weighted by Crippen LogP contribution is 2.31. The summed E-state index contributed by atoms with van der Waals surface area (Å²) in [4.78, 5) is 11.2. The third-order valence-electron chi connectivity index (χ3n) is 3.15. The topological polar surface area (TPSA) is 38.7 Å². The van der Waals surface area contributed by atoms with E-state index < -0.39 is 6.04 Å². The first-order valence-corrected chi connectivity index (χ1v) is 6.25. The molecule has 0 aliphatic carbocycles. The van der Waals surface area contributed by atoms with Gasteiger partial charge in [0.05, 0.1) is 7.11 Å². The molecule has 1 atom stereocenters. The van der Waals surface area contributed by atoms with E-state index in [9.17, 15) is 4.91 Å². The summed E-state index contributed by atoms with van der Waals surface area (Å²) in [5.41, 5.74) is 3.03.